The summed E-state index contributed by atoms with van der Waals surface area (Å²) in [7, 11) is 0. The standard InChI is InChI=1S/C15H21NO/c1-12-2-4-14(5-3-12)15(10-17-11-15)8-13-6-7-16-9-13/h2-5,13,16H,6-11H2,1H3. The number of nitrogens with one attached hydrogen (secondary N) is 1. The first-order valence-electron chi connectivity index (χ1n) is 6.64. The van der Waals surface area contributed by atoms with Crippen molar-refractivity contribution in [3.05, 3.63) is 35.4 Å². The van der Waals surface area contributed by atoms with E-state index in [0.717, 1.165) is 19.1 Å². The summed E-state index contributed by atoms with van der Waals surface area (Å²) in [5.41, 5.74) is 3.12. The lowest BCUT2D eigenvalue weighted by Gasteiger charge is -2.43. The van der Waals surface area contributed by atoms with Crippen molar-refractivity contribution in [1.29, 1.82) is 0 Å². The molecular formula is C15H21NO. The van der Waals surface area contributed by atoms with Crippen molar-refractivity contribution in [3.8, 4) is 0 Å². The van der Waals surface area contributed by atoms with Crippen LogP contribution < -0.4 is 5.32 Å². The Labute approximate surface area is 103 Å². The van der Waals surface area contributed by atoms with E-state index in [0.29, 0.717) is 5.41 Å². The molecule has 17 heavy (non-hydrogen) atoms. The van der Waals surface area contributed by atoms with Crippen molar-refractivity contribution in [2.24, 2.45) is 5.92 Å². The highest BCUT2D eigenvalue weighted by Gasteiger charge is 2.42. The Morgan fingerprint density at radius 3 is 2.59 bits per heavy atom. The number of benzene rings is 1. The summed E-state index contributed by atoms with van der Waals surface area (Å²) in [6.07, 6.45) is 2.61. The Morgan fingerprint density at radius 2 is 2.06 bits per heavy atom. The summed E-state index contributed by atoms with van der Waals surface area (Å²) in [5.74, 6) is 0.834. The molecular weight excluding hydrogens is 210 g/mol. The molecule has 0 aromatic heterocycles. The lowest BCUT2D eigenvalue weighted by Crippen LogP contribution is -2.48. The fourth-order valence-corrected chi connectivity index (χ4v) is 3.10. The Hall–Kier alpha value is -0.860. The minimum atomic E-state index is 0.310. The Kier molecular flexibility index (Phi) is 2.93. The first kappa shape index (κ1) is 11.2. The van der Waals surface area contributed by atoms with Gasteiger partial charge in [0, 0.05) is 5.41 Å². The molecule has 2 saturated heterocycles. The van der Waals surface area contributed by atoms with Gasteiger partial charge in [0.25, 0.3) is 0 Å². The predicted molar refractivity (Wildman–Crippen MR) is 69.3 cm³/mol. The van der Waals surface area contributed by atoms with Crippen molar-refractivity contribution in [2.45, 2.75) is 25.2 Å². The van der Waals surface area contributed by atoms with Gasteiger partial charge < -0.3 is 10.1 Å². The fourth-order valence-electron chi connectivity index (χ4n) is 3.10. The van der Waals surface area contributed by atoms with E-state index in [-0.39, 0.29) is 0 Å². The molecule has 0 amide bonds. The second-order valence-corrected chi connectivity index (χ2v) is 5.70. The largest absolute Gasteiger partial charge is 0.379 e. The van der Waals surface area contributed by atoms with E-state index in [1.54, 1.807) is 0 Å². The number of aryl methyl sites for hydroxylation is 1. The monoisotopic (exact) mass is 231 g/mol. The second-order valence-electron chi connectivity index (χ2n) is 5.70. The highest BCUT2D eigenvalue weighted by atomic mass is 16.5. The molecule has 0 bridgehead atoms. The summed E-state index contributed by atoms with van der Waals surface area (Å²) < 4.78 is 5.51. The van der Waals surface area contributed by atoms with Gasteiger partial charge in [-0.2, -0.15) is 0 Å². The Bertz CT molecular complexity index is 374. The molecule has 2 aliphatic heterocycles. The number of ether oxygens (including phenoxy) is 1. The molecule has 3 rings (SSSR count). The highest BCUT2D eigenvalue weighted by Crippen LogP contribution is 2.39. The molecule has 1 atom stereocenters. The fraction of sp³-hybridized carbons (Fsp3) is 0.600. The van der Waals surface area contributed by atoms with Gasteiger partial charge in [-0.3, -0.25) is 0 Å². The first-order valence-corrected chi connectivity index (χ1v) is 6.64. The van der Waals surface area contributed by atoms with Crippen molar-refractivity contribution in [1.82, 2.24) is 5.32 Å². The average molecular weight is 231 g/mol. The van der Waals surface area contributed by atoms with Crippen molar-refractivity contribution < 1.29 is 4.74 Å². The molecule has 2 fully saturated rings. The summed E-state index contributed by atoms with van der Waals surface area (Å²) in [6.45, 7) is 6.34. The number of hydrogen-bond acceptors (Lipinski definition) is 2. The molecule has 2 heterocycles. The van der Waals surface area contributed by atoms with E-state index >= 15 is 0 Å². The molecule has 2 heteroatoms. The van der Waals surface area contributed by atoms with Crippen LogP contribution in [0.15, 0.2) is 24.3 Å². The zero-order valence-corrected chi connectivity index (χ0v) is 10.5. The van der Waals surface area contributed by atoms with E-state index in [9.17, 15) is 0 Å². The zero-order chi connectivity index (χ0) is 11.7. The van der Waals surface area contributed by atoms with Gasteiger partial charge >= 0.3 is 0 Å². The van der Waals surface area contributed by atoms with Crippen LogP contribution in [0.3, 0.4) is 0 Å². The lowest BCUT2D eigenvalue weighted by atomic mass is 9.72. The van der Waals surface area contributed by atoms with Crippen LogP contribution in [-0.2, 0) is 10.2 Å². The zero-order valence-electron chi connectivity index (χ0n) is 10.5. The molecule has 1 N–H and O–H groups in total. The summed E-state index contributed by atoms with van der Waals surface area (Å²) in [6, 6.07) is 9.03. The third-order valence-electron chi connectivity index (χ3n) is 4.26. The predicted octanol–water partition coefficient (Wildman–Crippen LogP) is 2.26. The molecule has 1 aromatic rings. The smallest absolute Gasteiger partial charge is 0.0585 e. The van der Waals surface area contributed by atoms with Gasteiger partial charge in [0.1, 0.15) is 0 Å². The van der Waals surface area contributed by atoms with Crippen LogP contribution in [-0.4, -0.2) is 26.3 Å². The van der Waals surface area contributed by atoms with Crippen molar-refractivity contribution >= 4 is 0 Å². The van der Waals surface area contributed by atoms with Crippen LogP contribution in [0.5, 0.6) is 0 Å². The molecule has 1 aromatic carbocycles. The quantitative estimate of drug-likeness (QED) is 0.861. The first-order chi connectivity index (χ1) is 8.28. The summed E-state index contributed by atoms with van der Waals surface area (Å²) in [5, 5.41) is 3.46. The van der Waals surface area contributed by atoms with Crippen LogP contribution in [0, 0.1) is 12.8 Å². The van der Waals surface area contributed by atoms with Gasteiger partial charge in [-0.25, -0.2) is 0 Å². The van der Waals surface area contributed by atoms with Gasteiger partial charge in [-0.1, -0.05) is 29.8 Å². The van der Waals surface area contributed by atoms with Gasteiger partial charge in [0.05, 0.1) is 13.2 Å². The van der Waals surface area contributed by atoms with Crippen LogP contribution in [0.4, 0.5) is 0 Å². The van der Waals surface area contributed by atoms with Crippen molar-refractivity contribution in [2.75, 3.05) is 26.3 Å². The molecule has 0 aliphatic carbocycles. The van der Waals surface area contributed by atoms with E-state index in [1.165, 1.54) is 37.1 Å². The maximum absolute atomic E-state index is 5.51. The normalized spacial score (nSPS) is 26.8. The topological polar surface area (TPSA) is 21.3 Å². The number of hydrogen-bond donors (Lipinski definition) is 1. The van der Waals surface area contributed by atoms with Gasteiger partial charge in [0.2, 0.25) is 0 Å². The third kappa shape index (κ3) is 2.12. The minimum absolute atomic E-state index is 0.310. The van der Waals surface area contributed by atoms with Crippen LogP contribution in [0.2, 0.25) is 0 Å². The molecule has 2 aliphatic rings. The summed E-state index contributed by atoms with van der Waals surface area (Å²) in [4.78, 5) is 0. The van der Waals surface area contributed by atoms with E-state index in [2.05, 4.69) is 36.5 Å². The molecule has 0 spiro atoms. The van der Waals surface area contributed by atoms with E-state index in [1.807, 2.05) is 0 Å². The van der Waals surface area contributed by atoms with Crippen LogP contribution in [0.25, 0.3) is 0 Å². The number of rotatable bonds is 3. The molecule has 1 unspecified atom stereocenters. The molecule has 92 valence electrons. The molecule has 2 nitrogen and oxygen atoms in total. The lowest BCUT2D eigenvalue weighted by molar-refractivity contribution is -0.0705. The maximum atomic E-state index is 5.51. The Balaban J connectivity index is 1.78. The SMILES string of the molecule is Cc1ccc(C2(CC3CCNC3)COC2)cc1. The van der Waals surface area contributed by atoms with Gasteiger partial charge in [-0.05, 0) is 44.3 Å². The van der Waals surface area contributed by atoms with Crippen LogP contribution in [0.1, 0.15) is 24.0 Å². The molecule has 0 saturated carbocycles. The second kappa shape index (κ2) is 4.43. The van der Waals surface area contributed by atoms with Crippen molar-refractivity contribution in [3.63, 3.8) is 0 Å². The Morgan fingerprint density at radius 1 is 1.29 bits per heavy atom. The van der Waals surface area contributed by atoms with E-state index < -0.39 is 0 Å². The van der Waals surface area contributed by atoms with Gasteiger partial charge in [-0.15, -0.1) is 0 Å². The average Bonchev–Trinajstić information content (AvgIpc) is 2.77. The van der Waals surface area contributed by atoms with Crippen LogP contribution >= 0.6 is 0 Å². The minimum Gasteiger partial charge on any atom is -0.379 e. The molecule has 0 radical (unpaired) electrons. The third-order valence-corrected chi connectivity index (χ3v) is 4.26. The maximum Gasteiger partial charge on any atom is 0.0585 e. The van der Waals surface area contributed by atoms with Gasteiger partial charge in [0.15, 0.2) is 0 Å². The van der Waals surface area contributed by atoms with E-state index in [4.69, 9.17) is 4.74 Å². The highest BCUT2D eigenvalue weighted by molar-refractivity contribution is 5.31. The summed E-state index contributed by atoms with van der Waals surface area (Å²) >= 11 is 0.